The number of aromatic nitrogens is 8. The van der Waals surface area contributed by atoms with Crippen LogP contribution in [0.4, 0.5) is 0 Å². The Bertz CT molecular complexity index is 3440. The zero-order valence-corrected chi connectivity index (χ0v) is 54.1. The van der Waals surface area contributed by atoms with Crippen LogP contribution in [0, 0.1) is 6.92 Å². The van der Waals surface area contributed by atoms with E-state index in [9.17, 15) is 0 Å². The number of nitrogens with one attached hydrogen (secondary N) is 2. The molecular weight excluding hydrogens is 1040 g/mol. The number of fused-ring (bicyclic) bond motifs is 20. The molecule has 8 nitrogen and oxygen atoms in total. The van der Waals surface area contributed by atoms with Gasteiger partial charge in [-0.1, -0.05) is 218 Å². The van der Waals surface area contributed by atoms with Gasteiger partial charge in [-0.2, -0.15) is 12.6 Å². The summed E-state index contributed by atoms with van der Waals surface area (Å²) in [5.41, 5.74) is 18.4. The molecule has 84 heavy (non-hydrogen) atoms. The largest absolute Gasteiger partial charge is 0.324 e. The molecule has 5 heterocycles. The minimum Gasteiger partial charge on any atom is -0.324 e. The number of thiol groups is 1. The predicted octanol–water partition coefficient (Wildman–Crippen LogP) is 21.9. The average molecular weight is 1150 g/mol. The van der Waals surface area contributed by atoms with Crippen molar-refractivity contribution in [2.75, 3.05) is 5.75 Å². The number of aryl methyl sites for hydroxylation is 8. The van der Waals surface area contributed by atoms with Crippen LogP contribution < -0.4 is 0 Å². The van der Waals surface area contributed by atoms with Crippen molar-refractivity contribution in [2.24, 2.45) is 0 Å². The molecule has 0 fully saturated rings. The zero-order valence-electron chi connectivity index (χ0n) is 53.2. The second-order valence-corrected chi connectivity index (χ2v) is 25.5. The van der Waals surface area contributed by atoms with Gasteiger partial charge in [-0.15, -0.1) is 0 Å². The molecule has 2 aliphatic rings. The fourth-order valence-corrected chi connectivity index (χ4v) is 13.9. The summed E-state index contributed by atoms with van der Waals surface area (Å²) in [6.07, 6.45) is 40.0. The van der Waals surface area contributed by atoms with Crippen LogP contribution in [-0.4, -0.2) is 45.6 Å². The van der Waals surface area contributed by atoms with E-state index in [0.717, 1.165) is 165 Å². The summed E-state index contributed by atoms with van der Waals surface area (Å²) in [5, 5.41) is 4.76. The Balaban J connectivity index is 1.45. The van der Waals surface area contributed by atoms with Crippen LogP contribution in [0.15, 0.2) is 48.5 Å². The quantitative estimate of drug-likeness (QED) is 0.0267. The van der Waals surface area contributed by atoms with E-state index >= 15 is 0 Å². The van der Waals surface area contributed by atoms with E-state index in [1.807, 2.05) is 0 Å². The first kappa shape index (κ1) is 63.1. The number of hydrogen-bond acceptors (Lipinski definition) is 7. The maximum atomic E-state index is 5.96. The standard InChI is InChI=1S/C75H104N8S/c1-8-14-20-28-36-54-45-46-55(37-29-21-15-9-2)63-62(54)70-77-68-60-52(7)43-44-53(42-34-26-27-35-51-84)61(60)69(76-68)78-71-64-56(38-30-22-16-10-3)47-48-57(39-31-23-17-11-4)65(64)73(80-71)82-75-67-59(41-33-25-19-13-6)50-49-58(40-32-24-18-12-5)66(67)74(83-75)81-72(63)79-70/h43-50,84H,8-42,51H2,1-7H3,(H2,76,77,78,79,80,81,82,83). The molecule has 0 saturated heterocycles. The lowest BCUT2D eigenvalue weighted by molar-refractivity contribution is 0.664. The minimum absolute atomic E-state index is 0.726. The minimum atomic E-state index is 0.726. The molecule has 4 aromatic carbocycles. The number of H-pyrrole nitrogens is 2. The van der Waals surface area contributed by atoms with Crippen molar-refractivity contribution in [1.82, 2.24) is 39.9 Å². The third kappa shape index (κ3) is 15.2. The second kappa shape index (κ2) is 32.4. The first-order valence-electron chi connectivity index (χ1n) is 34.4. The van der Waals surface area contributed by atoms with E-state index in [2.05, 4.69) is 120 Å². The van der Waals surface area contributed by atoms with Crippen LogP contribution in [-0.2, 0) is 44.9 Å². The highest BCUT2D eigenvalue weighted by Crippen LogP contribution is 2.44. The van der Waals surface area contributed by atoms with Crippen LogP contribution in [0.2, 0.25) is 0 Å². The molecule has 0 spiro atoms. The van der Waals surface area contributed by atoms with Gasteiger partial charge >= 0.3 is 0 Å². The highest BCUT2D eigenvalue weighted by atomic mass is 32.1. The molecule has 2 N–H and O–H groups in total. The fraction of sp³-hybridized carbons (Fsp3) is 0.573. The smallest absolute Gasteiger partial charge is 0.165 e. The van der Waals surface area contributed by atoms with Crippen LogP contribution in [0.1, 0.15) is 266 Å². The van der Waals surface area contributed by atoms with Gasteiger partial charge in [0.25, 0.3) is 0 Å². The van der Waals surface area contributed by atoms with E-state index in [-0.39, 0.29) is 0 Å². The van der Waals surface area contributed by atoms with Gasteiger partial charge in [-0.25, -0.2) is 29.9 Å². The number of nitrogens with zero attached hydrogens (tertiary/aromatic N) is 6. The van der Waals surface area contributed by atoms with Crippen molar-refractivity contribution in [3.05, 3.63) is 93.0 Å². The lowest BCUT2D eigenvalue weighted by Crippen LogP contribution is -1.98. The molecule has 9 rings (SSSR count). The molecule has 7 aromatic rings. The molecule has 8 bridgehead atoms. The fourth-order valence-electron chi connectivity index (χ4n) is 13.6. The summed E-state index contributed by atoms with van der Waals surface area (Å²) in [5.74, 6) is 3.93. The molecule has 0 aliphatic carbocycles. The highest BCUT2D eigenvalue weighted by Gasteiger charge is 2.29. The van der Waals surface area contributed by atoms with Gasteiger partial charge in [-0.05, 0) is 153 Å². The van der Waals surface area contributed by atoms with Crippen LogP contribution in [0.5, 0.6) is 0 Å². The molecule has 0 atom stereocenters. The maximum Gasteiger partial charge on any atom is 0.165 e. The second-order valence-electron chi connectivity index (χ2n) is 25.1. The monoisotopic (exact) mass is 1150 g/mol. The van der Waals surface area contributed by atoms with Gasteiger partial charge in [0.1, 0.15) is 22.6 Å². The summed E-state index contributed by atoms with van der Waals surface area (Å²) in [6.45, 7) is 16.1. The third-order valence-electron chi connectivity index (χ3n) is 18.4. The Morgan fingerprint density at radius 1 is 0.274 bits per heavy atom. The SMILES string of the molecule is CCCCCCc1ccc(CCCCCC)c2c1-c1nc-2nc2[nH]c(nc3nc(nc4[nH]c(n1)c1c(CCCCCC)ccc(CCCCCC)c41)-c1c(C)ccc(CCCCCCS)c1-3)c1c(CCCCCC)ccc(CCCCCC)c21. The van der Waals surface area contributed by atoms with Crippen molar-refractivity contribution in [1.29, 1.82) is 0 Å². The first-order chi connectivity index (χ1) is 41.3. The molecule has 0 unspecified atom stereocenters. The van der Waals surface area contributed by atoms with Gasteiger partial charge in [0, 0.05) is 43.8 Å². The average Bonchev–Trinajstić information content (AvgIpc) is 2.53. The van der Waals surface area contributed by atoms with Crippen molar-refractivity contribution in [2.45, 2.75) is 273 Å². The van der Waals surface area contributed by atoms with Crippen LogP contribution >= 0.6 is 12.6 Å². The highest BCUT2D eigenvalue weighted by molar-refractivity contribution is 7.80. The van der Waals surface area contributed by atoms with E-state index in [0.29, 0.717) is 0 Å². The number of unbranched alkanes of at least 4 members (excludes halogenated alkanes) is 21. The van der Waals surface area contributed by atoms with Crippen molar-refractivity contribution >= 4 is 56.8 Å². The molecule has 0 saturated carbocycles. The molecule has 0 amide bonds. The Labute approximate surface area is 511 Å². The van der Waals surface area contributed by atoms with E-state index in [1.165, 1.54) is 199 Å². The lowest BCUT2D eigenvalue weighted by atomic mass is 9.91. The molecule has 9 heteroatoms. The normalized spacial score (nSPS) is 12.1. The summed E-state index contributed by atoms with van der Waals surface area (Å²) in [7, 11) is 0. The van der Waals surface area contributed by atoms with Crippen molar-refractivity contribution in [3.8, 4) is 45.6 Å². The van der Waals surface area contributed by atoms with Crippen LogP contribution in [0.25, 0.3) is 89.7 Å². The number of hydrogen-bond donors (Lipinski definition) is 3. The number of benzene rings is 4. The van der Waals surface area contributed by atoms with Gasteiger partial charge in [0.05, 0.1) is 0 Å². The Hall–Kier alpha value is -5.41. The van der Waals surface area contributed by atoms with E-state index in [4.69, 9.17) is 29.9 Å². The van der Waals surface area contributed by atoms with Gasteiger partial charge in [0.15, 0.2) is 23.3 Å². The van der Waals surface area contributed by atoms with Crippen molar-refractivity contribution < 1.29 is 0 Å². The van der Waals surface area contributed by atoms with E-state index < -0.39 is 0 Å². The van der Waals surface area contributed by atoms with Crippen molar-refractivity contribution in [3.63, 3.8) is 0 Å². The molecule has 2 aliphatic heterocycles. The van der Waals surface area contributed by atoms with E-state index in [1.54, 1.807) is 0 Å². The Morgan fingerprint density at radius 2 is 0.512 bits per heavy atom. The molecule has 3 aromatic heterocycles. The lowest BCUT2D eigenvalue weighted by Gasteiger charge is -2.13. The van der Waals surface area contributed by atoms with Gasteiger partial charge in [-0.3, -0.25) is 0 Å². The predicted molar refractivity (Wildman–Crippen MR) is 364 cm³/mol. The Morgan fingerprint density at radius 3 is 0.810 bits per heavy atom. The summed E-state index contributed by atoms with van der Waals surface area (Å²) >= 11 is 4.57. The summed E-state index contributed by atoms with van der Waals surface area (Å²) in [6, 6.07) is 19.2. The van der Waals surface area contributed by atoms with Gasteiger partial charge < -0.3 is 9.97 Å². The number of aromatic amines is 2. The van der Waals surface area contributed by atoms with Gasteiger partial charge in [0.2, 0.25) is 0 Å². The molecule has 0 radical (unpaired) electrons. The zero-order chi connectivity index (χ0) is 58.6. The maximum absolute atomic E-state index is 5.96. The third-order valence-corrected chi connectivity index (χ3v) is 18.7. The molecular formula is C75H104N8S. The number of rotatable bonds is 36. The summed E-state index contributed by atoms with van der Waals surface area (Å²) < 4.78 is 0. The molecule has 450 valence electrons. The van der Waals surface area contributed by atoms with Crippen LogP contribution in [0.3, 0.4) is 0 Å². The Kier molecular flexibility index (Phi) is 24.3. The topological polar surface area (TPSA) is 109 Å². The summed E-state index contributed by atoms with van der Waals surface area (Å²) in [4.78, 5) is 43.2. The first-order valence-corrected chi connectivity index (χ1v) is 35.0.